The molecule has 4 nitrogen and oxygen atoms in total. The van der Waals surface area contributed by atoms with Gasteiger partial charge in [-0.3, -0.25) is 0 Å². The summed E-state index contributed by atoms with van der Waals surface area (Å²) >= 11 is 0. The highest BCUT2D eigenvalue weighted by atomic mass is 32.2. The van der Waals surface area contributed by atoms with Crippen LogP contribution in [0, 0.1) is 0 Å². The Kier molecular flexibility index (Phi) is 5.52. The minimum absolute atomic E-state index is 0.0522. The number of benzene rings is 1. The van der Waals surface area contributed by atoms with Gasteiger partial charge in [0.25, 0.3) is 0 Å². The molecule has 5 heteroatoms. The zero-order valence-electron chi connectivity index (χ0n) is 12.4. The fraction of sp³-hybridized carbons (Fsp3) is 0.571. The summed E-state index contributed by atoms with van der Waals surface area (Å²) in [5, 5.41) is 3.08. The molecule has 0 fully saturated rings. The van der Waals surface area contributed by atoms with E-state index in [1.54, 1.807) is 19.2 Å². The molecule has 0 aliphatic rings. The van der Waals surface area contributed by atoms with Crippen molar-refractivity contribution in [3.63, 3.8) is 0 Å². The SMILES string of the molecule is CCc1ccc(S(=O)(=O)N(C)C(C)C)cc1CNC. The van der Waals surface area contributed by atoms with E-state index in [0.717, 1.165) is 12.0 Å². The largest absolute Gasteiger partial charge is 0.316 e. The average molecular weight is 284 g/mol. The second kappa shape index (κ2) is 6.50. The van der Waals surface area contributed by atoms with E-state index in [4.69, 9.17) is 0 Å². The third kappa shape index (κ3) is 3.55. The van der Waals surface area contributed by atoms with Crippen LogP contribution in [0.5, 0.6) is 0 Å². The second-order valence-corrected chi connectivity index (χ2v) is 6.93. The Balaban J connectivity index is 3.25. The molecule has 0 aliphatic heterocycles. The van der Waals surface area contributed by atoms with Crippen molar-refractivity contribution in [2.75, 3.05) is 14.1 Å². The van der Waals surface area contributed by atoms with Gasteiger partial charge in [-0.05, 0) is 50.6 Å². The van der Waals surface area contributed by atoms with Crippen LogP contribution in [0.4, 0.5) is 0 Å². The predicted octanol–water partition coefficient (Wildman–Crippen LogP) is 2.00. The lowest BCUT2D eigenvalue weighted by molar-refractivity contribution is 0.410. The monoisotopic (exact) mass is 284 g/mol. The van der Waals surface area contributed by atoms with E-state index >= 15 is 0 Å². The highest BCUT2D eigenvalue weighted by Gasteiger charge is 2.23. The number of sulfonamides is 1. The van der Waals surface area contributed by atoms with Crippen molar-refractivity contribution in [3.8, 4) is 0 Å². The van der Waals surface area contributed by atoms with Crippen molar-refractivity contribution in [1.82, 2.24) is 9.62 Å². The molecule has 0 aromatic heterocycles. The molecule has 0 aliphatic carbocycles. The zero-order chi connectivity index (χ0) is 14.6. The Morgan fingerprint density at radius 1 is 1.26 bits per heavy atom. The van der Waals surface area contributed by atoms with Crippen LogP contribution in [-0.4, -0.2) is 32.9 Å². The smallest absolute Gasteiger partial charge is 0.243 e. The first kappa shape index (κ1) is 16.1. The molecule has 0 radical (unpaired) electrons. The van der Waals surface area contributed by atoms with Crippen LogP contribution in [0.3, 0.4) is 0 Å². The first-order valence-corrected chi connectivity index (χ1v) is 8.03. The van der Waals surface area contributed by atoms with Gasteiger partial charge in [0.2, 0.25) is 10.0 Å². The van der Waals surface area contributed by atoms with Crippen LogP contribution in [0.15, 0.2) is 23.1 Å². The van der Waals surface area contributed by atoms with Crippen molar-refractivity contribution >= 4 is 10.0 Å². The van der Waals surface area contributed by atoms with Crippen LogP contribution >= 0.6 is 0 Å². The number of rotatable bonds is 6. The molecule has 0 amide bonds. The lowest BCUT2D eigenvalue weighted by atomic mass is 10.1. The van der Waals surface area contributed by atoms with Crippen LogP contribution in [0.1, 0.15) is 31.9 Å². The maximum Gasteiger partial charge on any atom is 0.243 e. The minimum atomic E-state index is -3.40. The van der Waals surface area contributed by atoms with Gasteiger partial charge < -0.3 is 5.32 Å². The second-order valence-electron chi connectivity index (χ2n) is 4.93. The molecule has 19 heavy (non-hydrogen) atoms. The molecule has 1 N–H and O–H groups in total. The normalized spacial score (nSPS) is 12.4. The fourth-order valence-corrected chi connectivity index (χ4v) is 3.33. The number of aryl methyl sites for hydroxylation is 1. The van der Waals surface area contributed by atoms with Crippen LogP contribution < -0.4 is 5.32 Å². The standard InChI is InChI=1S/C14H24N2O2S/c1-6-12-7-8-14(9-13(12)10-15-4)19(17,18)16(5)11(2)3/h7-9,11,15H,6,10H2,1-5H3. The molecular formula is C14H24N2O2S. The molecule has 0 bridgehead atoms. The van der Waals surface area contributed by atoms with Crippen molar-refractivity contribution in [1.29, 1.82) is 0 Å². The first-order chi connectivity index (χ1) is 8.84. The maximum absolute atomic E-state index is 12.4. The lowest BCUT2D eigenvalue weighted by Crippen LogP contribution is -2.33. The Morgan fingerprint density at radius 2 is 1.89 bits per heavy atom. The molecule has 1 rings (SSSR count). The molecule has 1 aromatic rings. The summed E-state index contributed by atoms with van der Waals surface area (Å²) in [5.74, 6) is 0. The number of hydrogen-bond acceptors (Lipinski definition) is 3. The molecule has 0 unspecified atom stereocenters. The molecular weight excluding hydrogens is 260 g/mol. The van der Waals surface area contributed by atoms with E-state index in [9.17, 15) is 8.42 Å². The average Bonchev–Trinajstić information content (AvgIpc) is 2.37. The van der Waals surface area contributed by atoms with Crippen LogP contribution in [-0.2, 0) is 23.0 Å². The van der Waals surface area contributed by atoms with Gasteiger partial charge in [-0.1, -0.05) is 13.0 Å². The zero-order valence-corrected chi connectivity index (χ0v) is 13.2. The van der Waals surface area contributed by atoms with E-state index in [1.165, 1.54) is 9.87 Å². The third-order valence-electron chi connectivity index (χ3n) is 3.33. The number of nitrogens with zero attached hydrogens (tertiary/aromatic N) is 1. The van der Waals surface area contributed by atoms with E-state index in [0.29, 0.717) is 11.4 Å². The van der Waals surface area contributed by atoms with E-state index in [-0.39, 0.29) is 6.04 Å². The molecule has 0 atom stereocenters. The molecule has 0 spiro atoms. The summed E-state index contributed by atoms with van der Waals surface area (Å²) in [6.07, 6.45) is 0.900. The van der Waals surface area contributed by atoms with Gasteiger partial charge in [-0.2, -0.15) is 4.31 Å². The molecule has 1 aromatic carbocycles. The summed E-state index contributed by atoms with van der Waals surface area (Å²) in [6, 6.07) is 5.34. The van der Waals surface area contributed by atoms with Crippen molar-refractivity contribution in [2.24, 2.45) is 0 Å². The fourth-order valence-electron chi connectivity index (χ4n) is 1.91. The number of nitrogens with one attached hydrogen (secondary N) is 1. The topological polar surface area (TPSA) is 49.4 Å². The highest BCUT2D eigenvalue weighted by Crippen LogP contribution is 2.20. The molecule has 0 saturated heterocycles. The summed E-state index contributed by atoms with van der Waals surface area (Å²) in [4.78, 5) is 0.367. The van der Waals surface area contributed by atoms with Crippen molar-refractivity contribution < 1.29 is 8.42 Å². The van der Waals surface area contributed by atoms with Gasteiger partial charge in [0.15, 0.2) is 0 Å². The predicted molar refractivity (Wildman–Crippen MR) is 78.7 cm³/mol. The number of hydrogen-bond donors (Lipinski definition) is 1. The first-order valence-electron chi connectivity index (χ1n) is 6.59. The quantitative estimate of drug-likeness (QED) is 0.869. The van der Waals surface area contributed by atoms with Crippen LogP contribution in [0.25, 0.3) is 0 Å². The molecule has 0 heterocycles. The van der Waals surface area contributed by atoms with Gasteiger partial charge in [-0.25, -0.2) is 8.42 Å². The maximum atomic E-state index is 12.4. The Bertz CT molecular complexity index is 524. The van der Waals surface area contributed by atoms with E-state index < -0.39 is 10.0 Å². The molecule has 0 saturated carbocycles. The molecule has 108 valence electrons. The van der Waals surface area contributed by atoms with Gasteiger partial charge >= 0.3 is 0 Å². The summed E-state index contributed by atoms with van der Waals surface area (Å²) in [5.41, 5.74) is 2.23. The van der Waals surface area contributed by atoms with Gasteiger partial charge in [-0.15, -0.1) is 0 Å². The van der Waals surface area contributed by atoms with Gasteiger partial charge in [0, 0.05) is 19.6 Å². The lowest BCUT2D eigenvalue weighted by Gasteiger charge is -2.21. The van der Waals surface area contributed by atoms with Gasteiger partial charge in [0.1, 0.15) is 0 Å². The summed E-state index contributed by atoms with van der Waals surface area (Å²) in [6.45, 7) is 6.49. The van der Waals surface area contributed by atoms with Crippen molar-refractivity contribution in [2.45, 2.75) is 44.7 Å². The third-order valence-corrected chi connectivity index (χ3v) is 5.36. The van der Waals surface area contributed by atoms with Gasteiger partial charge in [0.05, 0.1) is 4.90 Å². The minimum Gasteiger partial charge on any atom is -0.316 e. The van der Waals surface area contributed by atoms with E-state index in [2.05, 4.69) is 12.2 Å². The summed E-state index contributed by atoms with van der Waals surface area (Å²) < 4.78 is 26.3. The Hall–Kier alpha value is -0.910. The highest BCUT2D eigenvalue weighted by molar-refractivity contribution is 7.89. The Labute approximate surface area is 116 Å². The Morgan fingerprint density at radius 3 is 2.37 bits per heavy atom. The van der Waals surface area contributed by atoms with Crippen LogP contribution in [0.2, 0.25) is 0 Å². The van der Waals surface area contributed by atoms with E-state index in [1.807, 2.05) is 27.0 Å². The summed E-state index contributed by atoms with van der Waals surface area (Å²) in [7, 11) is 0.0800. The van der Waals surface area contributed by atoms with Crippen molar-refractivity contribution in [3.05, 3.63) is 29.3 Å².